The molecule has 15 nitrogen and oxygen atoms in total. The van der Waals surface area contributed by atoms with Crippen LogP contribution >= 0.6 is 0 Å². The van der Waals surface area contributed by atoms with Crippen molar-refractivity contribution in [3.63, 3.8) is 0 Å². The Bertz CT molecular complexity index is 1830. The van der Waals surface area contributed by atoms with Gasteiger partial charge in [0.25, 0.3) is 0 Å². The molecule has 1 aromatic carbocycles. The third-order valence-electron chi connectivity index (χ3n) is 12.3. The number of nitrogens with zero attached hydrogens (tertiary/aromatic N) is 2. The number of rotatable bonds is 8. The van der Waals surface area contributed by atoms with Gasteiger partial charge in [0.05, 0.1) is 29.7 Å². The maximum atomic E-state index is 14.4. The summed E-state index contributed by atoms with van der Waals surface area (Å²) in [5.74, 6) is -4.79. The Labute approximate surface area is 341 Å². The number of cyclic esters (lactones) is 1. The fourth-order valence-corrected chi connectivity index (χ4v) is 9.00. The number of hydrogen-bond acceptors (Lipinski definition) is 13. The Kier molecular flexibility index (Phi) is 14.3. The molecule has 58 heavy (non-hydrogen) atoms. The van der Waals surface area contributed by atoms with E-state index in [2.05, 4.69) is 15.6 Å². The van der Waals surface area contributed by atoms with Crippen molar-refractivity contribution >= 4 is 40.9 Å². The van der Waals surface area contributed by atoms with E-state index in [4.69, 9.17) is 23.7 Å². The van der Waals surface area contributed by atoms with Gasteiger partial charge in [0, 0.05) is 41.9 Å². The van der Waals surface area contributed by atoms with Crippen LogP contribution in [0.2, 0.25) is 0 Å². The van der Waals surface area contributed by atoms with E-state index in [1.807, 2.05) is 62.3 Å². The number of esters is 1. The van der Waals surface area contributed by atoms with Gasteiger partial charge in [-0.05, 0) is 78.7 Å². The highest BCUT2D eigenvalue weighted by atomic mass is 16.7. The van der Waals surface area contributed by atoms with Crippen molar-refractivity contribution in [2.45, 2.75) is 135 Å². The van der Waals surface area contributed by atoms with Crippen molar-refractivity contribution in [1.82, 2.24) is 20.5 Å². The third kappa shape index (κ3) is 9.65. The largest absolute Gasteiger partial charge is 0.458 e. The number of benzene rings is 1. The molecule has 3 aliphatic heterocycles. The second-order valence-electron chi connectivity index (χ2n) is 17.0. The van der Waals surface area contributed by atoms with Gasteiger partial charge in [-0.3, -0.25) is 14.6 Å². The van der Waals surface area contributed by atoms with E-state index in [0.717, 1.165) is 16.5 Å². The first-order valence-corrected chi connectivity index (χ1v) is 20.3. The van der Waals surface area contributed by atoms with E-state index in [1.54, 1.807) is 53.8 Å². The molecule has 0 saturated carbocycles. The maximum absolute atomic E-state index is 14.4. The number of pyridine rings is 1. The molecule has 5 rings (SSSR count). The predicted molar refractivity (Wildman–Crippen MR) is 215 cm³/mol. The summed E-state index contributed by atoms with van der Waals surface area (Å²) >= 11 is 0. The Morgan fingerprint density at radius 1 is 1.07 bits per heavy atom. The fraction of sp³-hybridized carbons (Fsp3) is 0.651. The quantitative estimate of drug-likeness (QED) is 0.214. The highest BCUT2D eigenvalue weighted by Gasteiger charge is 2.57. The highest BCUT2D eigenvalue weighted by molar-refractivity contribution is 5.85. The number of hydrogen-bond donors (Lipinski definition) is 4. The molecule has 1 aromatic heterocycles. The summed E-state index contributed by atoms with van der Waals surface area (Å²) in [5.41, 5.74) is -1.40. The molecule has 2 amide bonds. The van der Waals surface area contributed by atoms with Crippen LogP contribution in [0.3, 0.4) is 0 Å². The average Bonchev–Trinajstić information content (AvgIpc) is 3.50. The Hall–Kier alpha value is -4.15. The molecular weight excluding hydrogens is 748 g/mol. The SMILES string of the molecule is CC[C@H]1OC(=O)[C@H](C)[C@@H](O)[C@H](C)[C@@H](O[C@@H]2O[C@H](C)C[C@H](N(C)C)[C@H]2O)[C@](C)(OC(=O)NC/C=C/c2cnc3ccccc3c2)C[C@@H](C)C(=O)[C@H](C)[C@H]2NC(=O)O[C@@]21C. The number of aliphatic hydroxyl groups is 2. The van der Waals surface area contributed by atoms with Crippen molar-refractivity contribution in [3.05, 3.63) is 48.2 Å². The van der Waals surface area contributed by atoms with Gasteiger partial charge in [-0.1, -0.05) is 58.0 Å². The molecule has 0 spiro atoms. The molecule has 2 aromatic rings. The van der Waals surface area contributed by atoms with Crippen molar-refractivity contribution in [3.8, 4) is 0 Å². The first-order valence-electron chi connectivity index (χ1n) is 20.3. The molecule has 15 heteroatoms. The minimum Gasteiger partial charge on any atom is -0.458 e. The van der Waals surface area contributed by atoms with Crippen molar-refractivity contribution < 1.29 is 53.1 Å². The summed E-state index contributed by atoms with van der Waals surface area (Å²) in [6, 6.07) is 8.49. The number of ketones is 1. The third-order valence-corrected chi connectivity index (χ3v) is 12.3. The number of fused-ring (bicyclic) bond motifs is 2. The number of alkyl carbamates (subject to hydrolysis) is 2. The van der Waals surface area contributed by atoms with Crippen LogP contribution in [-0.2, 0) is 33.3 Å². The topological polar surface area (TPSA) is 195 Å². The van der Waals surface area contributed by atoms with E-state index in [1.165, 1.54) is 6.92 Å². The number of Topliss-reactive ketones (excluding diaryl/α,β-unsaturated/α-hetero) is 1. The monoisotopic (exact) mass is 810 g/mol. The number of aliphatic hydroxyl groups excluding tert-OH is 2. The maximum Gasteiger partial charge on any atom is 0.408 e. The molecule has 4 heterocycles. The van der Waals surface area contributed by atoms with E-state index in [-0.39, 0.29) is 37.3 Å². The van der Waals surface area contributed by atoms with Gasteiger partial charge in [0.2, 0.25) is 0 Å². The van der Waals surface area contributed by atoms with Gasteiger partial charge < -0.3 is 49.4 Å². The standard InChI is InChI=1S/C43H62N4O11/c1-11-32-43(8)36(46-41(53)58-43)25(4)33(48)23(2)21-42(7,57-40(52)44-18-14-15-28-20-29-16-12-13-17-30(29)45-22-28)37(26(5)34(49)27(6)38(51)55-32)56-39-35(50)31(47(9)10)19-24(3)54-39/h12-17,20,22-27,31-32,34-37,39,49-50H,11,18-19,21H2,1-10H3,(H,44,52)(H,46,53)/b15-14+/t23-,24-,25+,26+,27-,31+,32-,34+,35-,36-,37-,39+,42-,43-/m1/s1. The number of amides is 2. The van der Waals surface area contributed by atoms with Crippen LogP contribution in [-0.4, -0.2) is 125 Å². The van der Waals surface area contributed by atoms with E-state index in [9.17, 15) is 29.4 Å². The van der Waals surface area contributed by atoms with Crippen LogP contribution in [0, 0.1) is 23.7 Å². The lowest BCUT2D eigenvalue weighted by molar-refractivity contribution is -0.298. The number of carbonyl (C=O) groups is 4. The van der Waals surface area contributed by atoms with Crippen LogP contribution in [0.5, 0.6) is 0 Å². The number of ether oxygens (including phenoxy) is 5. The van der Waals surface area contributed by atoms with Gasteiger partial charge >= 0.3 is 18.2 Å². The number of nitrogens with one attached hydrogen (secondary N) is 2. The van der Waals surface area contributed by atoms with Crippen LogP contribution in [0.25, 0.3) is 17.0 Å². The normalized spacial score (nSPS) is 37.8. The van der Waals surface area contributed by atoms with Crippen LogP contribution in [0.4, 0.5) is 9.59 Å². The molecule has 3 aliphatic rings. The zero-order valence-electron chi connectivity index (χ0n) is 35.3. The molecule has 14 atom stereocenters. The van der Waals surface area contributed by atoms with Gasteiger partial charge in [0.1, 0.15) is 29.7 Å². The zero-order valence-corrected chi connectivity index (χ0v) is 35.3. The first-order chi connectivity index (χ1) is 27.3. The summed E-state index contributed by atoms with van der Waals surface area (Å²) in [4.78, 5) is 61.2. The lowest BCUT2D eigenvalue weighted by Crippen LogP contribution is -2.61. The lowest BCUT2D eigenvalue weighted by Gasteiger charge is -2.48. The molecule has 0 radical (unpaired) electrons. The number of carbonyl (C=O) groups excluding carboxylic acids is 4. The first kappa shape index (κ1) is 44.9. The minimum atomic E-state index is -1.68. The van der Waals surface area contributed by atoms with Crippen molar-refractivity contribution in [2.75, 3.05) is 20.6 Å². The molecule has 0 unspecified atom stereocenters. The Morgan fingerprint density at radius 3 is 2.47 bits per heavy atom. The van der Waals surface area contributed by atoms with Gasteiger partial charge in [-0.2, -0.15) is 0 Å². The van der Waals surface area contributed by atoms with Gasteiger partial charge in [0.15, 0.2) is 11.9 Å². The molecule has 3 fully saturated rings. The van der Waals surface area contributed by atoms with E-state index < -0.39 is 89.8 Å². The number of likely N-dealkylation sites (N-methyl/N-ethyl adjacent to an activating group) is 1. The summed E-state index contributed by atoms with van der Waals surface area (Å²) in [6.07, 6.45) is -1.97. The summed E-state index contributed by atoms with van der Waals surface area (Å²) in [7, 11) is 3.68. The Balaban J connectivity index is 1.51. The fourth-order valence-electron chi connectivity index (χ4n) is 9.00. The van der Waals surface area contributed by atoms with E-state index >= 15 is 0 Å². The second kappa shape index (κ2) is 18.4. The van der Waals surface area contributed by atoms with Crippen LogP contribution < -0.4 is 10.6 Å². The molecular formula is C43H62N4O11. The van der Waals surface area contributed by atoms with Crippen LogP contribution in [0.15, 0.2) is 42.6 Å². The van der Waals surface area contributed by atoms with Crippen molar-refractivity contribution in [2.24, 2.45) is 23.7 Å². The molecule has 320 valence electrons. The second-order valence-corrected chi connectivity index (χ2v) is 17.0. The zero-order chi connectivity index (χ0) is 42.7. The predicted octanol–water partition coefficient (Wildman–Crippen LogP) is 4.61. The van der Waals surface area contributed by atoms with Gasteiger partial charge in [-0.15, -0.1) is 0 Å². The lowest BCUT2D eigenvalue weighted by atomic mass is 9.73. The molecule has 0 bridgehead atoms. The van der Waals surface area contributed by atoms with Crippen molar-refractivity contribution in [1.29, 1.82) is 0 Å². The molecule has 3 saturated heterocycles. The summed E-state index contributed by atoms with van der Waals surface area (Å²) in [6.45, 7) is 13.5. The Morgan fingerprint density at radius 2 is 1.78 bits per heavy atom. The molecule has 0 aliphatic carbocycles. The van der Waals surface area contributed by atoms with Crippen LogP contribution in [0.1, 0.15) is 80.2 Å². The summed E-state index contributed by atoms with van der Waals surface area (Å²) in [5, 5.41) is 30.1. The van der Waals surface area contributed by atoms with E-state index in [0.29, 0.717) is 6.42 Å². The van der Waals surface area contributed by atoms with Gasteiger partial charge in [-0.25, -0.2) is 9.59 Å². The minimum absolute atomic E-state index is 0.0743. The summed E-state index contributed by atoms with van der Waals surface area (Å²) < 4.78 is 30.9. The smallest absolute Gasteiger partial charge is 0.408 e. The highest BCUT2D eigenvalue weighted by Crippen LogP contribution is 2.41. The average molecular weight is 811 g/mol. The number of aromatic nitrogens is 1. The number of para-hydroxylation sites is 1. The molecule has 4 N–H and O–H groups in total.